The molecule has 6 heteroatoms. The highest BCUT2D eigenvalue weighted by atomic mass is 19.1. The first kappa shape index (κ1) is 25.2. The Balaban J connectivity index is 1.80. The van der Waals surface area contributed by atoms with E-state index in [2.05, 4.69) is 5.32 Å². The average Bonchev–Trinajstić information content (AvgIpc) is 2.87. The van der Waals surface area contributed by atoms with Crippen LogP contribution in [0.3, 0.4) is 0 Å². The largest absolute Gasteiger partial charge is 0.393 e. The number of para-hydroxylation sites is 1. The third-order valence-corrected chi connectivity index (χ3v) is 6.17. The molecule has 2 N–H and O–H groups in total. The number of Topliss-reactive ketones (excluding diaryl/α,β-unsaturated/α-hetero) is 1. The van der Waals surface area contributed by atoms with Gasteiger partial charge in [-0.3, -0.25) is 9.59 Å². The highest BCUT2D eigenvalue weighted by molar-refractivity contribution is 5.99. The van der Waals surface area contributed by atoms with Crippen LogP contribution < -0.4 is 5.32 Å². The smallest absolute Gasteiger partial charge is 0.221 e. The number of benzene rings is 3. The third-order valence-electron chi connectivity index (χ3n) is 6.17. The molecule has 1 heterocycles. The molecule has 184 valence electrons. The number of aliphatic hydroxyl groups is 1. The van der Waals surface area contributed by atoms with E-state index in [0.29, 0.717) is 52.9 Å². The van der Waals surface area contributed by atoms with Gasteiger partial charge in [-0.1, -0.05) is 49.4 Å². The first-order valence-corrected chi connectivity index (χ1v) is 12.1. The summed E-state index contributed by atoms with van der Waals surface area (Å²) >= 11 is 0. The number of anilines is 1. The fourth-order valence-electron chi connectivity index (χ4n) is 4.26. The van der Waals surface area contributed by atoms with E-state index in [-0.39, 0.29) is 23.9 Å². The molecule has 36 heavy (non-hydrogen) atoms. The molecule has 0 radical (unpaired) electrons. The Bertz CT molecular complexity index is 1420. The van der Waals surface area contributed by atoms with Crippen LogP contribution >= 0.6 is 0 Å². The van der Waals surface area contributed by atoms with Gasteiger partial charge >= 0.3 is 0 Å². The fraction of sp³-hybridized carbons (Fsp3) is 0.233. The maximum atomic E-state index is 14.9. The maximum absolute atomic E-state index is 14.9. The summed E-state index contributed by atoms with van der Waals surface area (Å²) in [6.07, 6.45) is 1.20. The number of nitrogens with one attached hydrogen (secondary N) is 1. The van der Waals surface area contributed by atoms with Crippen LogP contribution in [0, 0.1) is 5.82 Å². The lowest BCUT2D eigenvalue weighted by Crippen LogP contribution is -2.10. The number of carbonyl (C=O) groups is 2. The van der Waals surface area contributed by atoms with Crippen molar-refractivity contribution in [2.45, 2.75) is 45.6 Å². The summed E-state index contributed by atoms with van der Waals surface area (Å²) in [5.41, 5.74) is 4.34. The van der Waals surface area contributed by atoms with E-state index in [4.69, 9.17) is 4.98 Å². The number of nitrogens with zero attached hydrogens (tertiary/aromatic N) is 1. The number of aliphatic hydroxyl groups excluding tert-OH is 1. The predicted octanol–water partition coefficient (Wildman–Crippen LogP) is 6.33. The van der Waals surface area contributed by atoms with E-state index in [1.54, 1.807) is 24.3 Å². The second-order valence-electron chi connectivity index (χ2n) is 8.93. The number of ketones is 1. The average molecular weight is 485 g/mol. The zero-order valence-corrected chi connectivity index (χ0v) is 20.4. The standard InChI is InChI=1S/C30H29FN2O3/c1-3-22(35)13-14-23(36)17-20-12-15-28-21(16-20)18-26(24-8-4-6-10-27(24)31)30(33-28)25-9-5-7-11-29(25)32-19(2)34/h4-12,15-16,18,22,35H,3,13-14,17H2,1-2H3,(H,32,34). The minimum absolute atomic E-state index is 0.0602. The van der Waals surface area contributed by atoms with Crippen molar-refractivity contribution >= 4 is 28.3 Å². The molecule has 1 amide bonds. The summed E-state index contributed by atoms with van der Waals surface area (Å²) in [4.78, 5) is 29.2. The fourth-order valence-corrected chi connectivity index (χ4v) is 4.26. The predicted molar refractivity (Wildman–Crippen MR) is 141 cm³/mol. The highest BCUT2D eigenvalue weighted by Gasteiger charge is 2.18. The van der Waals surface area contributed by atoms with Crippen LogP contribution in [-0.2, 0) is 16.0 Å². The van der Waals surface area contributed by atoms with Gasteiger partial charge in [0.15, 0.2) is 0 Å². The molecule has 0 aliphatic carbocycles. The highest BCUT2D eigenvalue weighted by Crippen LogP contribution is 2.38. The second-order valence-corrected chi connectivity index (χ2v) is 8.93. The second kappa shape index (κ2) is 11.2. The lowest BCUT2D eigenvalue weighted by atomic mass is 9.95. The number of halogens is 1. The zero-order chi connectivity index (χ0) is 25.7. The SMILES string of the molecule is CCC(O)CCC(=O)Cc1ccc2nc(-c3ccccc3NC(C)=O)c(-c3ccccc3F)cc2c1. The van der Waals surface area contributed by atoms with Crippen molar-refractivity contribution in [3.63, 3.8) is 0 Å². The number of carbonyl (C=O) groups excluding carboxylic acids is 2. The Labute approximate surface area is 210 Å². The molecular weight excluding hydrogens is 455 g/mol. The number of amides is 1. The molecule has 0 saturated heterocycles. The van der Waals surface area contributed by atoms with E-state index in [0.717, 1.165) is 10.9 Å². The summed E-state index contributed by atoms with van der Waals surface area (Å²) in [5, 5.41) is 13.4. The maximum Gasteiger partial charge on any atom is 0.221 e. The van der Waals surface area contributed by atoms with Gasteiger partial charge in [-0.05, 0) is 48.7 Å². The molecule has 5 nitrogen and oxygen atoms in total. The Kier molecular flexibility index (Phi) is 7.86. The van der Waals surface area contributed by atoms with Crippen molar-refractivity contribution in [2.24, 2.45) is 0 Å². The van der Waals surface area contributed by atoms with Gasteiger partial charge in [-0.15, -0.1) is 0 Å². The molecule has 0 spiro atoms. The van der Waals surface area contributed by atoms with Gasteiger partial charge < -0.3 is 10.4 Å². The lowest BCUT2D eigenvalue weighted by molar-refractivity contribution is -0.119. The van der Waals surface area contributed by atoms with Crippen molar-refractivity contribution < 1.29 is 19.1 Å². The van der Waals surface area contributed by atoms with Crippen molar-refractivity contribution in [3.8, 4) is 22.4 Å². The molecule has 4 aromatic rings. The van der Waals surface area contributed by atoms with Gasteiger partial charge in [0.1, 0.15) is 11.6 Å². The molecular formula is C30H29FN2O3. The van der Waals surface area contributed by atoms with E-state index < -0.39 is 6.10 Å². The van der Waals surface area contributed by atoms with Crippen LogP contribution in [0.4, 0.5) is 10.1 Å². The van der Waals surface area contributed by atoms with E-state index >= 15 is 0 Å². The van der Waals surface area contributed by atoms with E-state index in [1.807, 2.05) is 49.4 Å². The third kappa shape index (κ3) is 5.83. The van der Waals surface area contributed by atoms with Crippen LogP contribution in [-0.4, -0.2) is 27.9 Å². The van der Waals surface area contributed by atoms with Gasteiger partial charge in [0, 0.05) is 41.8 Å². The number of fused-ring (bicyclic) bond motifs is 1. The molecule has 0 fully saturated rings. The van der Waals surface area contributed by atoms with Gasteiger partial charge in [-0.2, -0.15) is 0 Å². The van der Waals surface area contributed by atoms with Crippen LogP contribution in [0.2, 0.25) is 0 Å². The Hall–Kier alpha value is -3.90. The Morgan fingerprint density at radius 2 is 1.69 bits per heavy atom. The molecule has 0 aliphatic heterocycles. The van der Waals surface area contributed by atoms with Crippen molar-refractivity contribution in [1.29, 1.82) is 0 Å². The van der Waals surface area contributed by atoms with Gasteiger partial charge in [-0.25, -0.2) is 9.37 Å². The molecule has 3 aromatic carbocycles. The first-order chi connectivity index (χ1) is 17.4. The lowest BCUT2D eigenvalue weighted by Gasteiger charge is -2.16. The molecule has 0 aliphatic rings. The van der Waals surface area contributed by atoms with Crippen LogP contribution in [0.25, 0.3) is 33.3 Å². The molecule has 0 bridgehead atoms. The minimum Gasteiger partial charge on any atom is -0.393 e. The molecule has 0 saturated carbocycles. The Morgan fingerprint density at radius 3 is 2.42 bits per heavy atom. The summed E-state index contributed by atoms with van der Waals surface area (Å²) in [7, 11) is 0. The molecule has 1 aromatic heterocycles. The van der Waals surface area contributed by atoms with Crippen LogP contribution in [0.5, 0.6) is 0 Å². The van der Waals surface area contributed by atoms with Crippen LogP contribution in [0.15, 0.2) is 72.8 Å². The summed E-state index contributed by atoms with van der Waals surface area (Å²) in [5.74, 6) is -0.529. The summed E-state index contributed by atoms with van der Waals surface area (Å²) < 4.78 is 14.9. The quantitative estimate of drug-likeness (QED) is 0.291. The van der Waals surface area contributed by atoms with Gasteiger partial charge in [0.2, 0.25) is 5.91 Å². The van der Waals surface area contributed by atoms with Crippen LogP contribution in [0.1, 0.15) is 38.7 Å². The molecule has 1 atom stereocenters. The number of rotatable bonds is 9. The van der Waals surface area contributed by atoms with E-state index in [1.165, 1.54) is 13.0 Å². The summed E-state index contributed by atoms with van der Waals surface area (Å²) in [6.45, 7) is 3.33. The zero-order valence-electron chi connectivity index (χ0n) is 20.4. The van der Waals surface area contributed by atoms with Crippen molar-refractivity contribution in [2.75, 3.05) is 5.32 Å². The molecule has 4 rings (SSSR count). The minimum atomic E-state index is -0.461. The number of hydrogen-bond donors (Lipinski definition) is 2. The number of aromatic nitrogens is 1. The van der Waals surface area contributed by atoms with Crippen molar-refractivity contribution in [3.05, 3.63) is 84.2 Å². The monoisotopic (exact) mass is 484 g/mol. The van der Waals surface area contributed by atoms with Gasteiger partial charge in [0.25, 0.3) is 0 Å². The number of hydrogen-bond acceptors (Lipinski definition) is 4. The normalized spacial score (nSPS) is 11.9. The number of pyridine rings is 1. The van der Waals surface area contributed by atoms with Gasteiger partial charge in [0.05, 0.1) is 23.0 Å². The topological polar surface area (TPSA) is 79.3 Å². The molecule has 1 unspecified atom stereocenters. The van der Waals surface area contributed by atoms with E-state index in [9.17, 15) is 19.1 Å². The summed E-state index contributed by atoms with van der Waals surface area (Å²) in [6, 6.07) is 21.3. The Morgan fingerprint density at radius 1 is 0.972 bits per heavy atom. The first-order valence-electron chi connectivity index (χ1n) is 12.1. The van der Waals surface area contributed by atoms with Crippen molar-refractivity contribution in [1.82, 2.24) is 4.98 Å².